The van der Waals surface area contributed by atoms with Crippen LogP contribution < -0.4 is 10.1 Å². The van der Waals surface area contributed by atoms with Crippen LogP contribution in [0.25, 0.3) is 0 Å². The molecule has 2 rings (SSSR count). The highest BCUT2D eigenvalue weighted by atomic mass is 79.9. The van der Waals surface area contributed by atoms with Gasteiger partial charge in [-0.2, -0.15) is 0 Å². The smallest absolute Gasteiger partial charge is 0.119 e. The van der Waals surface area contributed by atoms with Crippen molar-refractivity contribution in [1.82, 2.24) is 5.32 Å². The van der Waals surface area contributed by atoms with Gasteiger partial charge >= 0.3 is 0 Å². The molecule has 0 radical (unpaired) electrons. The normalized spacial score (nSPS) is 17.0. The lowest BCUT2D eigenvalue weighted by molar-refractivity contribution is 0.260. The van der Waals surface area contributed by atoms with Gasteiger partial charge in [-0.25, -0.2) is 0 Å². The van der Waals surface area contributed by atoms with E-state index in [1.54, 1.807) is 7.11 Å². The number of benzene rings is 1. The van der Waals surface area contributed by atoms with Crippen LogP contribution in [0.4, 0.5) is 0 Å². The Hall–Kier alpha value is -0.540. The van der Waals surface area contributed by atoms with Crippen LogP contribution >= 0.6 is 15.9 Å². The largest absolute Gasteiger partial charge is 0.497 e. The molecule has 0 saturated heterocycles. The number of rotatable bonds is 7. The fraction of sp³-hybridized carbons (Fsp3) is 0.625. The average molecular weight is 326 g/mol. The first-order valence-corrected chi connectivity index (χ1v) is 8.08. The average Bonchev–Trinajstić information content (AvgIpc) is 2.36. The molecule has 1 aliphatic rings. The summed E-state index contributed by atoms with van der Waals surface area (Å²) in [7, 11) is 1.73. The van der Waals surface area contributed by atoms with Crippen LogP contribution in [0.5, 0.6) is 5.75 Å². The highest BCUT2D eigenvalue weighted by molar-refractivity contribution is 9.10. The Labute approximate surface area is 125 Å². The second kappa shape index (κ2) is 7.30. The summed E-state index contributed by atoms with van der Waals surface area (Å²) < 4.78 is 6.51. The van der Waals surface area contributed by atoms with Gasteiger partial charge in [0.25, 0.3) is 0 Å². The molecule has 0 amide bonds. The maximum atomic E-state index is 5.32. The Morgan fingerprint density at radius 3 is 2.79 bits per heavy atom. The Morgan fingerprint density at radius 1 is 1.42 bits per heavy atom. The summed E-state index contributed by atoms with van der Waals surface area (Å²) in [6.07, 6.45) is 6.63. The van der Waals surface area contributed by atoms with Crippen LogP contribution in [-0.2, 0) is 6.42 Å². The van der Waals surface area contributed by atoms with Crippen molar-refractivity contribution in [1.29, 1.82) is 0 Å². The Bertz CT molecular complexity index is 404. The van der Waals surface area contributed by atoms with E-state index < -0.39 is 0 Å². The summed E-state index contributed by atoms with van der Waals surface area (Å²) >= 11 is 3.65. The molecule has 1 unspecified atom stereocenters. The van der Waals surface area contributed by atoms with E-state index in [0.29, 0.717) is 6.04 Å². The van der Waals surface area contributed by atoms with E-state index in [4.69, 9.17) is 4.74 Å². The SMILES string of the molecule is CCNC(Cc1cc(OC)ccc1Br)CC1CCC1. The molecule has 0 aliphatic heterocycles. The zero-order valence-electron chi connectivity index (χ0n) is 11.9. The summed E-state index contributed by atoms with van der Waals surface area (Å²) in [5.74, 6) is 1.88. The summed E-state index contributed by atoms with van der Waals surface area (Å²) in [5, 5.41) is 3.63. The van der Waals surface area contributed by atoms with Gasteiger partial charge in [-0.3, -0.25) is 0 Å². The summed E-state index contributed by atoms with van der Waals surface area (Å²) in [6.45, 7) is 3.23. The van der Waals surface area contributed by atoms with Gasteiger partial charge in [0, 0.05) is 10.5 Å². The number of hydrogen-bond donors (Lipinski definition) is 1. The second-order valence-electron chi connectivity index (χ2n) is 5.45. The molecule has 1 aliphatic carbocycles. The van der Waals surface area contributed by atoms with E-state index in [1.165, 1.54) is 35.7 Å². The van der Waals surface area contributed by atoms with E-state index in [1.807, 2.05) is 6.07 Å². The van der Waals surface area contributed by atoms with Gasteiger partial charge < -0.3 is 10.1 Å². The molecule has 0 aromatic heterocycles. The molecule has 1 aromatic carbocycles. The number of ether oxygens (including phenoxy) is 1. The monoisotopic (exact) mass is 325 g/mol. The molecule has 1 atom stereocenters. The van der Waals surface area contributed by atoms with Crippen molar-refractivity contribution in [2.24, 2.45) is 5.92 Å². The molecular formula is C16H24BrNO. The van der Waals surface area contributed by atoms with Crippen LogP contribution in [0.2, 0.25) is 0 Å². The fourth-order valence-electron chi connectivity index (χ4n) is 2.76. The Morgan fingerprint density at radius 2 is 2.21 bits per heavy atom. The van der Waals surface area contributed by atoms with Crippen molar-refractivity contribution in [3.05, 3.63) is 28.2 Å². The molecule has 0 bridgehead atoms. The van der Waals surface area contributed by atoms with Crippen molar-refractivity contribution in [3.63, 3.8) is 0 Å². The first-order chi connectivity index (χ1) is 9.22. The van der Waals surface area contributed by atoms with Crippen LogP contribution in [0.15, 0.2) is 22.7 Å². The van der Waals surface area contributed by atoms with Crippen LogP contribution in [0.3, 0.4) is 0 Å². The quantitative estimate of drug-likeness (QED) is 0.812. The number of likely N-dealkylation sites (N-methyl/N-ethyl adjacent to an activating group) is 1. The number of nitrogens with one attached hydrogen (secondary N) is 1. The van der Waals surface area contributed by atoms with E-state index in [2.05, 4.69) is 40.3 Å². The van der Waals surface area contributed by atoms with Gasteiger partial charge in [0.2, 0.25) is 0 Å². The van der Waals surface area contributed by atoms with Crippen molar-refractivity contribution >= 4 is 15.9 Å². The van der Waals surface area contributed by atoms with E-state index in [0.717, 1.165) is 24.6 Å². The molecule has 0 heterocycles. The topological polar surface area (TPSA) is 21.3 Å². The zero-order valence-corrected chi connectivity index (χ0v) is 13.5. The molecule has 106 valence electrons. The predicted molar refractivity (Wildman–Crippen MR) is 83.8 cm³/mol. The molecule has 3 heteroatoms. The summed E-state index contributed by atoms with van der Waals surface area (Å²) in [6, 6.07) is 6.82. The number of halogens is 1. The maximum Gasteiger partial charge on any atom is 0.119 e. The fourth-order valence-corrected chi connectivity index (χ4v) is 3.17. The lowest BCUT2D eigenvalue weighted by Gasteiger charge is -2.30. The molecule has 2 nitrogen and oxygen atoms in total. The molecular weight excluding hydrogens is 302 g/mol. The first-order valence-electron chi connectivity index (χ1n) is 7.28. The van der Waals surface area contributed by atoms with E-state index >= 15 is 0 Å². The minimum atomic E-state index is 0.582. The third-order valence-electron chi connectivity index (χ3n) is 4.05. The molecule has 1 N–H and O–H groups in total. The first kappa shape index (κ1) is 14.9. The summed E-state index contributed by atoms with van der Waals surface area (Å²) in [5.41, 5.74) is 1.34. The number of hydrogen-bond acceptors (Lipinski definition) is 2. The Balaban J connectivity index is 2.02. The van der Waals surface area contributed by atoms with Gasteiger partial charge in [0.05, 0.1) is 7.11 Å². The molecule has 19 heavy (non-hydrogen) atoms. The minimum absolute atomic E-state index is 0.582. The zero-order chi connectivity index (χ0) is 13.7. The van der Waals surface area contributed by atoms with Crippen LogP contribution in [0.1, 0.15) is 38.2 Å². The highest BCUT2D eigenvalue weighted by Crippen LogP contribution is 2.32. The van der Waals surface area contributed by atoms with Gasteiger partial charge in [-0.05, 0) is 49.1 Å². The molecule has 1 aromatic rings. The third-order valence-corrected chi connectivity index (χ3v) is 4.83. The van der Waals surface area contributed by atoms with E-state index in [-0.39, 0.29) is 0 Å². The van der Waals surface area contributed by atoms with Crippen molar-refractivity contribution in [3.8, 4) is 5.75 Å². The third kappa shape index (κ3) is 4.22. The van der Waals surface area contributed by atoms with E-state index in [9.17, 15) is 0 Å². The molecule has 1 fully saturated rings. The highest BCUT2D eigenvalue weighted by Gasteiger charge is 2.22. The number of methoxy groups -OCH3 is 1. The predicted octanol–water partition coefficient (Wildman–Crippen LogP) is 4.17. The Kier molecular flexibility index (Phi) is 5.71. The lowest BCUT2D eigenvalue weighted by Crippen LogP contribution is -2.34. The van der Waals surface area contributed by atoms with Crippen LogP contribution in [0, 0.1) is 5.92 Å². The second-order valence-corrected chi connectivity index (χ2v) is 6.30. The van der Waals surface area contributed by atoms with Gasteiger partial charge in [-0.1, -0.05) is 42.1 Å². The van der Waals surface area contributed by atoms with Crippen LogP contribution in [-0.4, -0.2) is 19.7 Å². The minimum Gasteiger partial charge on any atom is -0.497 e. The molecule has 0 spiro atoms. The lowest BCUT2D eigenvalue weighted by atomic mass is 9.80. The van der Waals surface area contributed by atoms with Gasteiger partial charge in [0.15, 0.2) is 0 Å². The maximum absolute atomic E-state index is 5.32. The van der Waals surface area contributed by atoms with Crippen molar-refractivity contribution in [2.75, 3.05) is 13.7 Å². The van der Waals surface area contributed by atoms with Gasteiger partial charge in [0.1, 0.15) is 5.75 Å². The van der Waals surface area contributed by atoms with Crippen molar-refractivity contribution < 1.29 is 4.74 Å². The van der Waals surface area contributed by atoms with Crippen molar-refractivity contribution in [2.45, 2.75) is 45.1 Å². The van der Waals surface area contributed by atoms with Gasteiger partial charge in [-0.15, -0.1) is 0 Å². The molecule has 1 saturated carbocycles. The standard InChI is InChI=1S/C16H24BrNO/c1-3-18-14(9-12-5-4-6-12)10-13-11-15(19-2)7-8-16(13)17/h7-8,11-12,14,18H,3-6,9-10H2,1-2H3. The summed E-state index contributed by atoms with van der Waals surface area (Å²) in [4.78, 5) is 0.